The minimum absolute atomic E-state index is 0.228. The normalized spacial score (nSPS) is 10.3. The van der Waals surface area contributed by atoms with Gasteiger partial charge in [0.25, 0.3) is 0 Å². The molecular formula is C11H14ClNO2S. The summed E-state index contributed by atoms with van der Waals surface area (Å²) < 4.78 is 0. The van der Waals surface area contributed by atoms with Crippen LogP contribution in [0.3, 0.4) is 0 Å². The van der Waals surface area contributed by atoms with E-state index in [0.29, 0.717) is 17.1 Å². The molecule has 16 heavy (non-hydrogen) atoms. The molecular weight excluding hydrogens is 246 g/mol. The molecule has 0 unspecified atom stereocenters. The van der Waals surface area contributed by atoms with E-state index in [0.717, 1.165) is 17.1 Å². The van der Waals surface area contributed by atoms with E-state index in [4.69, 9.17) is 22.4 Å². The van der Waals surface area contributed by atoms with Gasteiger partial charge < -0.3 is 10.8 Å². The molecule has 3 nitrogen and oxygen atoms in total. The highest BCUT2D eigenvalue weighted by atomic mass is 35.5. The van der Waals surface area contributed by atoms with Gasteiger partial charge in [0, 0.05) is 22.0 Å². The Hall–Kier alpha value is -0.870. The summed E-state index contributed by atoms with van der Waals surface area (Å²) in [7, 11) is 0. The number of carbonyl (C=O) groups is 1. The van der Waals surface area contributed by atoms with Crippen LogP contribution in [0.15, 0.2) is 23.1 Å². The number of unbranched alkanes of at least 4 members (excludes halogenated alkanes) is 1. The van der Waals surface area contributed by atoms with Gasteiger partial charge in [-0.2, -0.15) is 0 Å². The van der Waals surface area contributed by atoms with Gasteiger partial charge in [0.05, 0.1) is 0 Å². The van der Waals surface area contributed by atoms with Crippen molar-refractivity contribution in [3.63, 3.8) is 0 Å². The number of hydrogen-bond donors (Lipinski definition) is 2. The third-order valence-corrected chi connectivity index (χ3v) is 3.41. The summed E-state index contributed by atoms with van der Waals surface area (Å²) >= 11 is 7.46. The summed E-state index contributed by atoms with van der Waals surface area (Å²) in [6.45, 7) is 0. The first kappa shape index (κ1) is 13.2. The van der Waals surface area contributed by atoms with Gasteiger partial charge in [0.1, 0.15) is 0 Å². The van der Waals surface area contributed by atoms with Crippen molar-refractivity contribution in [1.29, 1.82) is 0 Å². The molecule has 0 fully saturated rings. The molecule has 0 amide bonds. The van der Waals surface area contributed by atoms with E-state index in [1.807, 2.05) is 6.07 Å². The highest BCUT2D eigenvalue weighted by molar-refractivity contribution is 7.99. The highest BCUT2D eigenvalue weighted by Gasteiger charge is 2.02. The summed E-state index contributed by atoms with van der Waals surface area (Å²) in [4.78, 5) is 11.2. The Labute approximate surface area is 104 Å². The maximum atomic E-state index is 10.3. The third kappa shape index (κ3) is 4.77. The first-order valence-corrected chi connectivity index (χ1v) is 6.35. The molecule has 1 aromatic carbocycles. The molecule has 0 bridgehead atoms. The average Bonchev–Trinajstić information content (AvgIpc) is 2.22. The molecule has 0 spiro atoms. The lowest BCUT2D eigenvalue weighted by Crippen LogP contribution is -1.94. The van der Waals surface area contributed by atoms with Gasteiger partial charge in [-0.25, -0.2) is 0 Å². The Morgan fingerprint density at radius 3 is 2.88 bits per heavy atom. The van der Waals surface area contributed by atoms with E-state index < -0.39 is 5.97 Å². The van der Waals surface area contributed by atoms with Gasteiger partial charge in [-0.05, 0) is 36.8 Å². The average molecular weight is 260 g/mol. The monoisotopic (exact) mass is 259 g/mol. The first-order valence-electron chi connectivity index (χ1n) is 4.99. The predicted octanol–water partition coefficient (Wildman–Crippen LogP) is 3.27. The molecule has 5 heteroatoms. The van der Waals surface area contributed by atoms with Gasteiger partial charge in [-0.1, -0.05) is 11.6 Å². The molecule has 0 heterocycles. The summed E-state index contributed by atoms with van der Waals surface area (Å²) in [5.41, 5.74) is 6.49. The molecule has 0 aliphatic carbocycles. The zero-order valence-corrected chi connectivity index (χ0v) is 10.4. The standard InChI is InChI=1S/C11H14ClNO2S/c12-8-4-5-9(13)10(7-8)16-6-2-1-3-11(14)15/h4-5,7H,1-3,6,13H2,(H,14,15). The summed E-state index contributed by atoms with van der Waals surface area (Å²) in [5, 5.41) is 9.13. The van der Waals surface area contributed by atoms with Crippen molar-refractivity contribution in [1.82, 2.24) is 0 Å². The van der Waals surface area contributed by atoms with Gasteiger partial charge in [-0.15, -0.1) is 11.8 Å². The van der Waals surface area contributed by atoms with Crippen LogP contribution in [0, 0.1) is 0 Å². The van der Waals surface area contributed by atoms with Crippen LogP contribution in [0.4, 0.5) is 5.69 Å². The van der Waals surface area contributed by atoms with Crippen molar-refractivity contribution in [3.05, 3.63) is 23.2 Å². The molecule has 0 aliphatic heterocycles. The van der Waals surface area contributed by atoms with Crippen LogP contribution in [0.5, 0.6) is 0 Å². The van der Waals surface area contributed by atoms with Crippen LogP contribution in [-0.4, -0.2) is 16.8 Å². The maximum Gasteiger partial charge on any atom is 0.303 e. The van der Waals surface area contributed by atoms with E-state index >= 15 is 0 Å². The van der Waals surface area contributed by atoms with Gasteiger partial charge in [0.15, 0.2) is 0 Å². The Morgan fingerprint density at radius 1 is 1.44 bits per heavy atom. The second kappa shape index (κ2) is 6.66. The molecule has 88 valence electrons. The lowest BCUT2D eigenvalue weighted by Gasteiger charge is -2.05. The number of benzene rings is 1. The second-order valence-corrected chi connectivity index (χ2v) is 4.95. The fourth-order valence-corrected chi connectivity index (χ4v) is 2.44. The van der Waals surface area contributed by atoms with E-state index in [1.54, 1.807) is 23.9 Å². The molecule has 0 atom stereocenters. The van der Waals surface area contributed by atoms with E-state index in [2.05, 4.69) is 0 Å². The number of hydrogen-bond acceptors (Lipinski definition) is 3. The highest BCUT2D eigenvalue weighted by Crippen LogP contribution is 2.28. The minimum atomic E-state index is -0.743. The smallest absolute Gasteiger partial charge is 0.303 e. The molecule has 1 aromatic rings. The van der Waals surface area contributed by atoms with Gasteiger partial charge in [-0.3, -0.25) is 4.79 Å². The molecule has 0 saturated carbocycles. The lowest BCUT2D eigenvalue weighted by molar-refractivity contribution is -0.137. The van der Waals surface area contributed by atoms with Crippen LogP contribution >= 0.6 is 23.4 Å². The summed E-state index contributed by atoms with van der Waals surface area (Å²) in [6.07, 6.45) is 1.79. The number of rotatable bonds is 6. The second-order valence-electron chi connectivity index (χ2n) is 3.38. The number of anilines is 1. The van der Waals surface area contributed by atoms with Gasteiger partial charge in [0.2, 0.25) is 0 Å². The van der Waals surface area contributed by atoms with Crippen molar-refractivity contribution in [2.24, 2.45) is 0 Å². The van der Waals surface area contributed by atoms with Crippen molar-refractivity contribution in [2.75, 3.05) is 11.5 Å². The molecule has 3 N–H and O–H groups in total. The number of nitrogens with two attached hydrogens (primary N) is 1. The van der Waals surface area contributed by atoms with Crippen molar-refractivity contribution in [3.8, 4) is 0 Å². The fraction of sp³-hybridized carbons (Fsp3) is 0.364. The van der Waals surface area contributed by atoms with E-state index in [-0.39, 0.29) is 6.42 Å². The van der Waals surface area contributed by atoms with Crippen LogP contribution in [0.1, 0.15) is 19.3 Å². The topological polar surface area (TPSA) is 63.3 Å². The van der Waals surface area contributed by atoms with Crippen LogP contribution in [0.25, 0.3) is 0 Å². The van der Waals surface area contributed by atoms with Crippen molar-refractivity contribution < 1.29 is 9.90 Å². The summed E-state index contributed by atoms with van der Waals surface area (Å²) in [6, 6.07) is 5.37. The van der Waals surface area contributed by atoms with Crippen LogP contribution < -0.4 is 5.73 Å². The Bertz CT molecular complexity index is 371. The largest absolute Gasteiger partial charge is 0.481 e. The van der Waals surface area contributed by atoms with Crippen LogP contribution in [0.2, 0.25) is 5.02 Å². The Balaban J connectivity index is 2.31. The zero-order chi connectivity index (χ0) is 12.0. The fourth-order valence-electron chi connectivity index (χ4n) is 1.19. The van der Waals surface area contributed by atoms with E-state index in [9.17, 15) is 4.79 Å². The van der Waals surface area contributed by atoms with Gasteiger partial charge >= 0.3 is 5.97 Å². The molecule has 0 aromatic heterocycles. The Kier molecular flexibility index (Phi) is 5.49. The number of carboxylic acids is 1. The molecule has 0 aliphatic rings. The number of halogens is 1. The Morgan fingerprint density at radius 2 is 2.19 bits per heavy atom. The number of nitrogen functional groups attached to an aromatic ring is 1. The van der Waals surface area contributed by atoms with E-state index in [1.165, 1.54) is 0 Å². The third-order valence-electron chi connectivity index (χ3n) is 2.02. The quantitative estimate of drug-likeness (QED) is 0.468. The maximum absolute atomic E-state index is 10.3. The number of aliphatic carboxylic acids is 1. The van der Waals surface area contributed by atoms with Crippen LogP contribution in [-0.2, 0) is 4.79 Å². The number of carboxylic acid groups (broad SMARTS) is 1. The zero-order valence-electron chi connectivity index (χ0n) is 8.78. The minimum Gasteiger partial charge on any atom is -0.481 e. The molecule has 0 radical (unpaired) electrons. The first-order chi connectivity index (χ1) is 7.59. The predicted molar refractivity (Wildman–Crippen MR) is 68.1 cm³/mol. The number of thioether (sulfide) groups is 1. The SMILES string of the molecule is Nc1ccc(Cl)cc1SCCCCC(=O)O. The lowest BCUT2D eigenvalue weighted by atomic mass is 10.2. The molecule has 1 rings (SSSR count). The van der Waals surface area contributed by atoms with Crippen molar-refractivity contribution >= 4 is 35.0 Å². The summed E-state index contributed by atoms with van der Waals surface area (Å²) in [5.74, 6) is 0.116. The van der Waals surface area contributed by atoms with Crippen molar-refractivity contribution in [2.45, 2.75) is 24.2 Å². The molecule has 0 saturated heterocycles.